The van der Waals surface area contributed by atoms with Crippen LogP contribution in [-0.2, 0) is 4.79 Å². The van der Waals surface area contributed by atoms with E-state index in [1.54, 1.807) is 0 Å². The van der Waals surface area contributed by atoms with Crippen molar-refractivity contribution in [2.45, 2.75) is 79.8 Å². The van der Waals surface area contributed by atoms with E-state index in [0.717, 1.165) is 24.8 Å². The predicted molar refractivity (Wildman–Crippen MR) is 84.7 cm³/mol. The summed E-state index contributed by atoms with van der Waals surface area (Å²) in [5.74, 6) is 2.00. The Hall–Kier alpha value is -0.370. The first kappa shape index (κ1) is 16.0. The zero-order chi connectivity index (χ0) is 15.5. The van der Waals surface area contributed by atoms with Gasteiger partial charge in [0.15, 0.2) is 5.78 Å². The molecule has 20 heavy (non-hydrogen) atoms. The summed E-state index contributed by atoms with van der Waals surface area (Å²) in [5.41, 5.74) is 0.286. The number of nitrogens with zero attached hydrogens (tertiary/aromatic N) is 1. The minimum absolute atomic E-state index is 0.0825. The number of carbonyl (C=O) groups is 1. The van der Waals surface area contributed by atoms with Crippen molar-refractivity contribution in [2.75, 3.05) is 6.54 Å². The number of likely N-dealkylation sites (tertiary alicyclic amines) is 1. The quantitative estimate of drug-likeness (QED) is 0.757. The molecule has 1 aliphatic carbocycles. The van der Waals surface area contributed by atoms with Crippen LogP contribution in [0.25, 0.3) is 0 Å². The van der Waals surface area contributed by atoms with Crippen LogP contribution in [0.3, 0.4) is 0 Å². The summed E-state index contributed by atoms with van der Waals surface area (Å²) in [5, 5.41) is 0. The molecule has 1 spiro atoms. The zero-order valence-corrected chi connectivity index (χ0v) is 14.7. The van der Waals surface area contributed by atoms with Crippen LogP contribution >= 0.6 is 0 Å². The molecule has 1 aliphatic heterocycles. The molecule has 2 heteroatoms. The molecule has 116 valence electrons. The number of ketones is 1. The van der Waals surface area contributed by atoms with Crippen LogP contribution in [0.4, 0.5) is 0 Å². The molecule has 0 aromatic rings. The molecule has 0 bridgehead atoms. The summed E-state index contributed by atoms with van der Waals surface area (Å²) in [6.45, 7) is 18.7. The van der Waals surface area contributed by atoms with Crippen LogP contribution in [0.5, 0.6) is 0 Å². The van der Waals surface area contributed by atoms with Crippen molar-refractivity contribution in [3.8, 4) is 0 Å². The molecule has 0 amide bonds. The second kappa shape index (κ2) is 4.56. The molecule has 2 rings (SSSR count). The third-order valence-corrected chi connectivity index (χ3v) is 5.42. The Morgan fingerprint density at radius 2 is 1.65 bits per heavy atom. The smallest absolute Gasteiger partial charge is 0.155 e. The van der Waals surface area contributed by atoms with E-state index in [-0.39, 0.29) is 17.0 Å². The predicted octanol–water partition coefficient (Wildman–Crippen LogP) is 4.14. The van der Waals surface area contributed by atoms with Crippen LogP contribution < -0.4 is 0 Å². The summed E-state index contributed by atoms with van der Waals surface area (Å²) in [7, 11) is 0. The molecule has 2 aliphatic rings. The molecule has 0 N–H and O–H groups in total. The van der Waals surface area contributed by atoms with Crippen LogP contribution in [0.15, 0.2) is 0 Å². The first-order valence-electron chi connectivity index (χ1n) is 8.19. The molecular formula is C18H33NO. The van der Waals surface area contributed by atoms with E-state index in [1.165, 1.54) is 6.42 Å². The SMILES string of the molecule is CC(C)C1C[C@@]12C[C@@H](C(=O)C(C)(C)C)N(C(C)(C)C)C2. The number of hydrogen-bond acceptors (Lipinski definition) is 2. The molecule has 0 radical (unpaired) electrons. The third kappa shape index (κ3) is 2.68. The van der Waals surface area contributed by atoms with Crippen molar-refractivity contribution >= 4 is 5.78 Å². The summed E-state index contributed by atoms with van der Waals surface area (Å²) >= 11 is 0. The Labute approximate surface area is 125 Å². The van der Waals surface area contributed by atoms with Gasteiger partial charge in [-0.2, -0.15) is 0 Å². The van der Waals surface area contributed by atoms with Gasteiger partial charge in [0.1, 0.15) is 0 Å². The monoisotopic (exact) mass is 279 g/mol. The third-order valence-electron chi connectivity index (χ3n) is 5.42. The van der Waals surface area contributed by atoms with Gasteiger partial charge in [0.05, 0.1) is 6.04 Å². The normalized spacial score (nSPS) is 35.0. The van der Waals surface area contributed by atoms with Gasteiger partial charge in [0.2, 0.25) is 0 Å². The zero-order valence-electron chi connectivity index (χ0n) is 14.7. The van der Waals surface area contributed by atoms with Gasteiger partial charge in [0.25, 0.3) is 0 Å². The largest absolute Gasteiger partial charge is 0.297 e. The Bertz CT molecular complexity index is 399. The summed E-state index contributed by atoms with van der Waals surface area (Å²) < 4.78 is 0. The Balaban J connectivity index is 2.24. The fourth-order valence-electron chi connectivity index (χ4n) is 4.19. The van der Waals surface area contributed by atoms with Crippen LogP contribution in [0.1, 0.15) is 68.2 Å². The fraction of sp³-hybridized carbons (Fsp3) is 0.944. The second-order valence-corrected chi connectivity index (χ2v) is 9.55. The average Bonchev–Trinajstić information content (AvgIpc) is 2.78. The van der Waals surface area contributed by atoms with Crippen molar-refractivity contribution in [1.29, 1.82) is 0 Å². The van der Waals surface area contributed by atoms with E-state index in [2.05, 4.69) is 60.3 Å². The van der Waals surface area contributed by atoms with E-state index in [1.807, 2.05) is 0 Å². The average molecular weight is 279 g/mol. The van der Waals surface area contributed by atoms with Crippen LogP contribution in [-0.4, -0.2) is 28.8 Å². The Morgan fingerprint density at radius 1 is 1.10 bits per heavy atom. The van der Waals surface area contributed by atoms with Gasteiger partial charge in [-0.3, -0.25) is 9.69 Å². The maximum atomic E-state index is 12.9. The summed E-state index contributed by atoms with van der Waals surface area (Å²) in [6.07, 6.45) is 2.41. The molecule has 2 nitrogen and oxygen atoms in total. The standard InChI is InChI=1S/C18H33NO/c1-12(2)13-9-18(13)10-14(15(20)16(3,4)5)19(11-18)17(6,7)8/h12-14H,9-11H2,1-8H3/t13?,14-,18-/m0/s1. The summed E-state index contributed by atoms with van der Waals surface area (Å²) in [4.78, 5) is 15.4. The second-order valence-electron chi connectivity index (χ2n) is 9.55. The van der Waals surface area contributed by atoms with Crippen molar-refractivity contribution in [3.05, 3.63) is 0 Å². The molecule has 2 fully saturated rings. The minimum Gasteiger partial charge on any atom is -0.297 e. The van der Waals surface area contributed by atoms with E-state index in [4.69, 9.17) is 0 Å². The number of carbonyl (C=O) groups excluding carboxylic acids is 1. The Kier molecular flexibility index (Phi) is 3.65. The van der Waals surface area contributed by atoms with E-state index < -0.39 is 0 Å². The molecule has 1 saturated carbocycles. The molecule has 1 unspecified atom stereocenters. The van der Waals surface area contributed by atoms with Gasteiger partial charge in [-0.15, -0.1) is 0 Å². The number of hydrogen-bond donors (Lipinski definition) is 0. The molecule has 0 aromatic carbocycles. The Morgan fingerprint density at radius 3 is 2.00 bits per heavy atom. The lowest BCUT2D eigenvalue weighted by atomic mass is 9.83. The highest BCUT2D eigenvalue weighted by Gasteiger charge is 2.63. The number of Topliss-reactive ketones (excluding diaryl/α,β-unsaturated/α-hetero) is 1. The van der Waals surface area contributed by atoms with Gasteiger partial charge < -0.3 is 0 Å². The van der Waals surface area contributed by atoms with Crippen molar-refractivity contribution in [2.24, 2.45) is 22.7 Å². The summed E-state index contributed by atoms with van der Waals surface area (Å²) in [6, 6.07) is 0.124. The first-order valence-corrected chi connectivity index (χ1v) is 8.19. The fourth-order valence-corrected chi connectivity index (χ4v) is 4.19. The van der Waals surface area contributed by atoms with Crippen molar-refractivity contribution in [3.63, 3.8) is 0 Å². The van der Waals surface area contributed by atoms with Gasteiger partial charge >= 0.3 is 0 Å². The highest BCUT2D eigenvalue weighted by molar-refractivity contribution is 5.89. The molecule has 1 saturated heterocycles. The maximum absolute atomic E-state index is 12.9. The first-order chi connectivity index (χ1) is 8.88. The highest BCUT2D eigenvalue weighted by Crippen LogP contribution is 2.64. The maximum Gasteiger partial charge on any atom is 0.155 e. The van der Waals surface area contributed by atoms with Gasteiger partial charge in [0, 0.05) is 17.5 Å². The lowest BCUT2D eigenvalue weighted by molar-refractivity contribution is -0.132. The van der Waals surface area contributed by atoms with Crippen LogP contribution in [0, 0.1) is 22.7 Å². The minimum atomic E-state index is -0.234. The highest BCUT2D eigenvalue weighted by atomic mass is 16.1. The van der Waals surface area contributed by atoms with E-state index >= 15 is 0 Å². The van der Waals surface area contributed by atoms with E-state index in [0.29, 0.717) is 11.2 Å². The van der Waals surface area contributed by atoms with Crippen LogP contribution in [0.2, 0.25) is 0 Å². The van der Waals surface area contributed by atoms with Crippen molar-refractivity contribution in [1.82, 2.24) is 4.90 Å². The van der Waals surface area contributed by atoms with Gasteiger partial charge in [-0.25, -0.2) is 0 Å². The topological polar surface area (TPSA) is 20.3 Å². The van der Waals surface area contributed by atoms with Gasteiger partial charge in [-0.05, 0) is 50.9 Å². The molecule has 1 heterocycles. The van der Waals surface area contributed by atoms with E-state index in [9.17, 15) is 4.79 Å². The number of rotatable bonds is 2. The molecule has 0 aromatic heterocycles. The lowest BCUT2D eigenvalue weighted by Gasteiger charge is -2.38. The van der Waals surface area contributed by atoms with Gasteiger partial charge in [-0.1, -0.05) is 34.6 Å². The van der Waals surface area contributed by atoms with Crippen molar-refractivity contribution < 1.29 is 4.79 Å². The molecular weight excluding hydrogens is 246 g/mol. The molecule has 3 atom stereocenters. The lowest BCUT2D eigenvalue weighted by Crippen LogP contribution is -2.50.